The van der Waals surface area contributed by atoms with Crippen molar-refractivity contribution in [1.82, 2.24) is 4.57 Å². The Morgan fingerprint density at radius 2 is 2.08 bits per heavy atom. The minimum Gasteiger partial charge on any atom is -0.351 e. The van der Waals surface area contributed by atoms with Gasteiger partial charge in [0.2, 0.25) is 0 Å². The van der Waals surface area contributed by atoms with E-state index in [2.05, 4.69) is 44.3 Å². The summed E-state index contributed by atoms with van der Waals surface area (Å²) < 4.78 is 2.14. The van der Waals surface area contributed by atoms with Crippen LogP contribution >= 0.6 is 0 Å². The fourth-order valence-corrected chi connectivity index (χ4v) is 1.33. The number of aryl methyl sites for hydroxylation is 1. The van der Waals surface area contributed by atoms with Gasteiger partial charge in [0.05, 0.1) is 0 Å². The smallest absolute Gasteiger partial charge is 0.0430 e. The van der Waals surface area contributed by atoms with Gasteiger partial charge in [0.25, 0.3) is 0 Å². The van der Waals surface area contributed by atoms with Gasteiger partial charge in [-0.3, -0.25) is 0 Å². The fraction of sp³-hybridized carbons (Fsp3) is 0.455. The van der Waals surface area contributed by atoms with Gasteiger partial charge in [-0.1, -0.05) is 20.4 Å². The Morgan fingerprint density at radius 1 is 1.50 bits per heavy atom. The lowest BCUT2D eigenvalue weighted by atomic mass is 10.1. The summed E-state index contributed by atoms with van der Waals surface area (Å²) >= 11 is 0. The van der Waals surface area contributed by atoms with Crippen LogP contribution in [0.1, 0.15) is 37.9 Å². The van der Waals surface area contributed by atoms with Crippen molar-refractivity contribution in [2.45, 2.75) is 26.7 Å². The zero-order valence-electron chi connectivity index (χ0n) is 8.39. The highest BCUT2D eigenvalue weighted by Gasteiger charge is 2.05. The van der Waals surface area contributed by atoms with Crippen LogP contribution in [0.15, 0.2) is 18.8 Å². The number of nitrogens with zero attached hydrogens (tertiary/aromatic N) is 1. The number of allylic oxidation sites excluding steroid dienone is 1. The van der Waals surface area contributed by atoms with Crippen LogP contribution in [0.5, 0.6) is 0 Å². The molecule has 0 N–H and O–H groups in total. The molecule has 1 heterocycles. The minimum atomic E-state index is 0.601. The molecule has 0 fully saturated rings. The van der Waals surface area contributed by atoms with E-state index in [0.29, 0.717) is 5.92 Å². The number of aromatic nitrogens is 1. The van der Waals surface area contributed by atoms with Crippen molar-refractivity contribution in [3.05, 3.63) is 30.1 Å². The second-order valence-electron chi connectivity index (χ2n) is 3.70. The van der Waals surface area contributed by atoms with E-state index in [1.54, 1.807) is 0 Å². The lowest BCUT2D eigenvalue weighted by Crippen LogP contribution is -1.89. The molecule has 0 spiro atoms. The normalized spacial score (nSPS) is 10.8. The van der Waals surface area contributed by atoms with E-state index < -0.39 is 0 Å². The van der Waals surface area contributed by atoms with Gasteiger partial charge in [0.1, 0.15) is 0 Å². The van der Waals surface area contributed by atoms with Crippen LogP contribution < -0.4 is 0 Å². The Bertz CT molecular complexity index is 292. The maximum Gasteiger partial charge on any atom is 0.0430 e. The van der Waals surface area contributed by atoms with Crippen LogP contribution in [-0.2, 0) is 7.05 Å². The molecule has 0 saturated heterocycles. The summed E-state index contributed by atoms with van der Waals surface area (Å²) in [5, 5.41) is 0. The molecule has 0 amide bonds. The Balaban J connectivity index is 3.09. The van der Waals surface area contributed by atoms with E-state index >= 15 is 0 Å². The molecule has 0 atom stereocenters. The highest BCUT2D eigenvalue weighted by Crippen LogP contribution is 2.20. The first kappa shape index (κ1) is 9.11. The molecule has 12 heavy (non-hydrogen) atoms. The highest BCUT2D eigenvalue weighted by atomic mass is 14.9. The van der Waals surface area contributed by atoms with Gasteiger partial charge in [-0.05, 0) is 30.0 Å². The lowest BCUT2D eigenvalue weighted by Gasteiger charge is -1.98. The Hall–Kier alpha value is -0.980. The number of rotatable bonds is 2. The summed E-state index contributed by atoms with van der Waals surface area (Å²) in [6, 6.07) is 2.22. The molecule has 0 saturated carbocycles. The first-order valence-electron chi connectivity index (χ1n) is 4.34. The maximum absolute atomic E-state index is 3.94. The van der Waals surface area contributed by atoms with E-state index in [4.69, 9.17) is 0 Å². The number of hydrogen-bond acceptors (Lipinski definition) is 0. The van der Waals surface area contributed by atoms with E-state index in [1.807, 2.05) is 6.92 Å². The van der Waals surface area contributed by atoms with Crippen LogP contribution in [0.25, 0.3) is 5.57 Å². The summed E-state index contributed by atoms with van der Waals surface area (Å²) in [6.45, 7) is 10.4. The average Bonchev–Trinajstić information content (AvgIpc) is 2.30. The van der Waals surface area contributed by atoms with Gasteiger partial charge in [0.15, 0.2) is 0 Å². The second kappa shape index (κ2) is 3.18. The SMILES string of the molecule is C=C(C)c1cc(C(C)C)cn1C. The van der Waals surface area contributed by atoms with Crippen LogP contribution in [-0.4, -0.2) is 4.57 Å². The first-order chi connectivity index (χ1) is 5.52. The summed E-state index contributed by atoms with van der Waals surface area (Å²) in [5.74, 6) is 0.601. The molecule has 66 valence electrons. The van der Waals surface area contributed by atoms with Crippen LogP contribution in [0.3, 0.4) is 0 Å². The predicted molar refractivity (Wildman–Crippen MR) is 54.2 cm³/mol. The van der Waals surface area contributed by atoms with Gasteiger partial charge >= 0.3 is 0 Å². The second-order valence-corrected chi connectivity index (χ2v) is 3.70. The molecular weight excluding hydrogens is 146 g/mol. The topological polar surface area (TPSA) is 4.93 Å². The molecular formula is C11H17N. The molecule has 0 unspecified atom stereocenters. The highest BCUT2D eigenvalue weighted by molar-refractivity contribution is 5.59. The monoisotopic (exact) mass is 163 g/mol. The largest absolute Gasteiger partial charge is 0.351 e. The quantitative estimate of drug-likeness (QED) is 0.631. The summed E-state index contributed by atoms with van der Waals surface area (Å²) in [6.07, 6.45) is 2.18. The molecule has 0 aliphatic heterocycles. The molecule has 0 aliphatic carbocycles. The Morgan fingerprint density at radius 3 is 2.33 bits per heavy atom. The van der Waals surface area contributed by atoms with Crippen molar-refractivity contribution in [3.8, 4) is 0 Å². The summed E-state index contributed by atoms with van der Waals surface area (Å²) in [5.41, 5.74) is 3.75. The zero-order chi connectivity index (χ0) is 9.30. The van der Waals surface area contributed by atoms with Crippen LogP contribution in [0, 0.1) is 0 Å². The van der Waals surface area contributed by atoms with Gasteiger partial charge < -0.3 is 4.57 Å². The van der Waals surface area contributed by atoms with Crippen LogP contribution in [0.4, 0.5) is 0 Å². The minimum absolute atomic E-state index is 0.601. The third-order valence-corrected chi connectivity index (χ3v) is 2.13. The van der Waals surface area contributed by atoms with Crippen molar-refractivity contribution in [3.63, 3.8) is 0 Å². The molecule has 0 aromatic carbocycles. The van der Waals surface area contributed by atoms with Gasteiger partial charge in [-0.15, -0.1) is 0 Å². The standard InChI is InChI=1S/C11H17N/c1-8(2)10-6-11(9(3)4)12(5)7-10/h6-8H,3H2,1-2,4-5H3. The predicted octanol–water partition coefficient (Wildman–Crippen LogP) is 3.18. The molecule has 1 aromatic heterocycles. The van der Waals surface area contributed by atoms with E-state index in [0.717, 1.165) is 5.57 Å². The molecule has 0 bridgehead atoms. The summed E-state index contributed by atoms with van der Waals surface area (Å²) in [4.78, 5) is 0. The zero-order valence-corrected chi connectivity index (χ0v) is 8.39. The average molecular weight is 163 g/mol. The van der Waals surface area contributed by atoms with Gasteiger partial charge in [-0.25, -0.2) is 0 Å². The third kappa shape index (κ3) is 1.60. The van der Waals surface area contributed by atoms with Crippen LogP contribution in [0.2, 0.25) is 0 Å². The molecule has 0 radical (unpaired) electrons. The van der Waals surface area contributed by atoms with Crippen molar-refractivity contribution >= 4 is 5.57 Å². The van der Waals surface area contributed by atoms with Gasteiger partial charge in [0, 0.05) is 18.9 Å². The molecule has 1 nitrogen and oxygen atoms in total. The Kier molecular flexibility index (Phi) is 2.41. The molecule has 1 aromatic rings. The van der Waals surface area contributed by atoms with Crippen molar-refractivity contribution in [1.29, 1.82) is 0 Å². The molecule has 1 heteroatoms. The van der Waals surface area contributed by atoms with Gasteiger partial charge in [-0.2, -0.15) is 0 Å². The third-order valence-electron chi connectivity index (χ3n) is 2.13. The number of hydrogen-bond donors (Lipinski definition) is 0. The van der Waals surface area contributed by atoms with E-state index in [-0.39, 0.29) is 0 Å². The molecule has 1 rings (SSSR count). The lowest BCUT2D eigenvalue weighted by molar-refractivity contribution is 0.847. The van der Waals surface area contributed by atoms with E-state index in [1.165, 1.54) is 11.3 Å². The van der Waals surface area contributed by atoms with E-state index in [9.17, 15) is 0 Å². The van der Waals surface area contributed by atoms with Crippen molar-refractivity contribution < 1.29 is 0 Å². The summed E-state index contributed by atoms with van der Waals surface area (Å²) in [7, 11) is 2.07. The van der Waals surface area contributed by atoms with Crippen molar-refractivity contribution in [2.75, 3.05) is 0 Å². The maximum atomic E-state index is 3.94. The first-order valence-corrected chi connectivity index (χ1v) is 4.34. The van der Waals surface area contributed by atoms with Crippen molar-refractivity contribution in [2.24, 2.45) is 7.05 Å². The Labute approximate surface area is 74.7 Å². The molecule has 0 aliphatic rings. The fourth-order valence-electron chi connectivity index (χ4n) is 1.33.